The molecule has 1 aliphatic heterocycles. The fourth-order valence-corrected chi connectivity index (χ4v) is 2.33. The van der Waals surface area contributed by atoms with Gasteiger partial charge in [0.15, 0.2) is 6.04 Å². The Balaban J connectivity index is 2.29. The molecular formula is C14H13F6NO3. The lowest BCUT2D eigenvalue weighted by Gasteiger charge is -2.35. The first-order valence-electron chi connectivity index (χ1n) is 6.91. The Morgan fingerprint density at radius 2 is 1.92 bits per heavy atom. The number of ether oxygens (including phenoxy) is 2. The highest BCUT2D eigenvalue weighted by Gasteiger charge is 2.49. The molecule has 4 nitrogen and oxygen atoms in total. The summed E-state index contributed by atoms with van der Waals surface area (Å²) in [5.74, 6) is -1.39. The Hall–Kier alpha value is -2.13. The van der Waals surface area contributed by atoms with E-state index < -0.39 is 36.4 Å². The van der Waals surface area contributed by atoms with E-state index in [0.717, 1.165) is 18.2 Å². The molecule has 0 bridgehead atoms. The predicted octanol–water partition coefficient (Wildman–Crippen LogP) is 3.81. The first-order valence-corrected chi connectivity index (χ1v) is 6.91. The van der Waals surface area contributed by atoms with Crippen molar-refractivity contribution < 1.29 is 40.6 Å². The Bertz CT molecular complexity index is 614. The van der Waals surface area contributed by atoms with Gasteiger partial charge in [-0.05, 0) is 23.8 Å². The number of esters is 1. The van der Waals surface area contributed by atoms with Gasteiger partial charge in [0.25, 0.3) is 0 Å². The average molecular weight is 357 g/mol. The molecule has 10 heteroatoms. The molecule has 0 amide bonds. The molecule has 24 heavy (non-hydrogen) atoms. The normalized spacial score (nSPS) is 20.8. The van der Waals surface area contributed by atoms with Crippen molar-refractivity contribution in [3.05, 3.63) is 23.8 Å². The molecule has 2 atom stereocenters. The van der Waals surface area contributed by atoms with Crippen LogP contribution in [0.3, 0.4) is 0 Å². The number of benzene rings is 1. The molecule has 0 radical (unpaired) electrons. The SMILES string of the molecule is CCC(=O)OC1Cc2cc(OC(F)(F)F)ccc2NC1C(F)(F)F. The maximum absolute atomic E-state index is 13.1. The van der Waals surface area contributed by atoms with Gasteiger partial charge in [-0.15, -0.1) is 13.2 Å². The molecule has 2 unspecified atom stereocenters. The molecule has 1 N–H and O–H groups in total. The van der Waals surface area contributed by atoms with Crippen molar-refractivity contribution in [2.24, 2.45) is 0 Å². The second-order valence-corrected chi connectivity index (χ2v) is 5.12. The van der Waals surface area contributed by atoms with E-state index in [9.17, 15) is 31.1 Å². The third kappa shape index (κ3) is 4.45. The highest BCUT2D eigenvalue weighted by molar-refractivity contribution is 5.69. The van der Waals surface area contributed by atoms with Gasteiger partial charge in [-0.2, -0.15) is 13.2 Å². The predicted molar refractivity (Wildman–Crippen MR) is 70.5 cm³/mol. The van der Waals surface area contributed by atoms with Crippen LogP contribution >= 0.6 is 0 Å². The van der Waals surface area contributed by atoms with Gasteiger partial charge < -0.3 is 14.8 Å². The van der Waals surface area contributed by atoms with E-state index in [0.29, 0.717) is 0 Å². The van der Waals surface area contributed by atoms with Crippen LogP contribution < -0.4 is 10.1 Å². The van der Waals surface area contributed by atoms with E-state index in [-0.39, 0.29) is 24.1 Å². The molecular weight excluding hydrogens is 344 g/mol. The van der Waals surface area contributed by atoms with E-state index >= 15 is 0 Å². The molecule has 0 saturated heterocycles. The van der Waals surface area contributed by atoms with Gasteiger partial charge in [-0.25, -0.2) is 0 Å². The summed E-state index contributed by atoms with van der Waals surface area (Å²) in [4.78, 5) is 11.3. The first-order chi connectivity index (χ1) is 11.0. The highest BCUT2D eigenvalue weighted by Crippen LogP contribution is 2.37. The number of hydrogen-bond acceptors (Lipinski definition) is 4. The van der Waals surface area contributed by atoms with Crippen LogP contribution in [-0.2, 0) is 16.0 Å². The van der Waals surface area contributed by atoms with Crippen LogP contribution in [0.4, 0.5) is 32.0 Å². The first kappa shape index (κ1) is 18.2. The molecule has 0 aromatic heterocycles. The summed E-state index contributed by atoms with van der Waals surface area (Å²) in [6.45, 7) is 1.42. The number of hydrogen-bond donors (Lipinski definition) is 1. The zero-order chi connectivity index (χ0) is 18.1. The third-order valence-electron chi connectivity index (χ3n) is 3.34. The summed E-state index contributed by atoms with van der Waals surface area (Å²) in [5.41, 5.74) is 0.141. The van der Waals surface area contributed by atoms with Crippen molar-refractivity contribution in [2.75, 3.05) is 5.32 Å². The van der Waals surface area contributed by atoms with Crippen LogP contribution in [0.25, 0.3) is 0 Å². The van der Waals surface area contributed by atoms with Crippen LogP contribution in [0.2, 0.25) is 0 Å². The number of carbonyl (C=O) groups excluding carboxylic acids is 1. The van der Waals surface area contributed by atoms with Crippen molar-refractivity contribution in [1.82, 2.24) is 0 Å². The molecule has 1 aliphatic rings. The number of alkyl halides is 6. The molecule has 1 heterocycles. The number of fused-ring (bicyclic) bond motifs is 1. The van der Waals surface area contributed by atoms with Crippen LogP contribution in [0.1, 0.15) is 18.9 Å². The maximum atomic E-state index is 13.1. The minimum atomic E-state index is -4.92. The fraction of sp³-hybridized carbons (Fsp3) is 0.500. The average Bonchev–Trinajstić information content (AvgIpc) is 2.43. The van der Waals surface area contributed by atoms with Gasteiger partial charge in [0.2, 0.25) is 0 Å². The van der Waals surface area contributed by atoms with Crippen molar-refractivity contribution in [3.63, 3.8) is 0 Å². The number of rotatable bonds is 3. The summed E-state index contributed by atoms with van der Waals surface area (Å²) in [6, 6.07) is 0.794. The smallest absolute Gasteiger partial charge is 0.459 e. The van der Waals surface area contributed by atoms with Crippen LogP contribution in [-0.4, -0.2) is 30.7 Å². The second kappa shape index (κ2) is 6.40. The summed E-state index contributed by atoms with van der Waals surface area (Å²) in [5, 5.41) is 2.17. The lowest BCUT2D eigenvalue weighted by molar-refractivity contribution is -0.274. The van der Waals surface area contributed by atoms with Crippen LogP contribution in [0.5, 0.6) is 5.75 Å². The van der Waals surface area contributed by atoms with E-state index in [1.54, 1.807) is 0 Å². The molecule has 134 valence electrons. The van der Waals surface area contributed by atoms with Gasteiger partial charge in [0.05, 0.1) is 0 Å². The van der Waals surface area contributed by atoms with Crippen molar-refractivity contribution >= 4 is 11.7 Å². The number of carbonyl (C=O) groups is 1. The lowest BCUT2D eigenvalue weighted by Crippen LogP contribution is -2.51. The van der Waals surface area contributed by atoms with Gasteiger partial charge >= 0.3 is 18.5 Å². The zero-order valence-corrected chi connectivity index (χ0v) is 12.3. The largest absolute Gasteiger partial charge is 0.573 e. The molecule has 2 rings (SSSR count). The van der Waals surface area contributed by atoms with Crippen molar-refractivity contribution in [1.29, 1.82) is 0 Å². The number of halogens is 6. The molecule has 0 aliphatic carbocycles. The fourth-order valence-electron chi connectivity index (χ4n) is 2.33. The van der Waals surface area contributed by atoms with Gasteiger partial charge in [0.1, 0.15) is 11.9 Å². The molecule has 0 fully saturated rings. The summed E-state index contributed by atoms with van der Waals surface area (Å²) in [6.07, 6.45) is -11.7. The van der Waals surface area contributed by atoms with Gasteiger partial charge in [-0.1, -0.05) is 6.92 Å². The highest BCUT2D eigenvalue weighted by atomic mass is 19.4. The minimum absolute atomic E-state index is 0.00986. The quantitative estimate of drug-likeness (QED) is 0.660. The molecule has 0 spiro atoms. The Kier molecular flexibility index (Phi) is 4.86. The Morgan fingerprint density at radius 3 is 2.46 bits per heavy atom. The van der Waals surface area contributed by atoms with Gasteiger partial charge in [0, 0.05) is 18.5 Å². The van der Waals surface area contributed by atoms with E-state index in [1.165, 1.54) is 6.92 Å². The topological polar surface area (TPSA) is 47.6 Å². The Morgan fingerprint density at radius 1 is 1.25 bits per heavy atom. The summed E-state index contributed by atoms with van der Waals surface area (Å²) >= 11 is 0. The zero-order valence-electron chi connectivity index (χ0n) is 12.3. The Labute approximate surface area is 132 Å². The monoisotopic (exact) mass is 357 g/mol. The summed E-state index contributed by atoms with van der Waals surface area (Å²) < 4.78 is 84.6. The lowest BCUT2D eigenvalue weighted by atomic mass is 9.94. The maximum Gasteiger partial charge on any atom is 0.573 e. The van der Waals surface area contributed by atoms with Crippen LogP contribution in [0.15, 0.2) is 18.2 Å². The minimum Gasteiger partial charge on any atom is -0.459 e. The standard InChI is InChI=1S/C14H13F6NO3/c1-2-11(22)23-10-6-7-5-8(24-14(18,19)20)3-4-9(7)21-12(10)13(15,16)17/h3-5,10,12,21H,2,6H2,1H3. The van der Waals surface area contributed by atoms with E-state index in [1.807, 2.05) is 0 Å². The summed E-state index contributed by atoms with van der Waals surface area (Å²) in [7, 11) is 0. The number of anilines is 1. The van der Waals surface area contributed by atoms with E-state index in [4.69, 9.17) is 4.74 Å². The second-order valence-electron chi connectivity index (χ2n) is 5.12. The number of nitrogens with one attached hydrogen (secondary N) is 1. The molecule has 1 aromatic carbocycles. The van der Waals surface area contributed by atoms with Crippen molar-refractivity contribution in [3.8, 4) is 5.75 Å². The molecule has 1 aromatic rings. The third-order valence-corrected chi connectivity index (χ3v) is 3.34. The van der Waals surface area contributed by atoms with Gasteiger partial charge in [-0.3, -0.25) is 4.79 Å². The van der Waals surface area contributed by atoms with Crippen LogP contribution in [0, 0.1) is 0 Å². The molecule has 0 saturated carbocycles. The van der Waals surface area contributed by atoms with Crippen molar-refractivity contribution in [2.45, 2.75) is 44.4 Å². The van der Waals surface area contributed by atoms with E-state index in [2.05, 4.69) is 10.1 Å².